The van der Waals surface area contributed by atoms with Gasteiger partial charge in [-0.05, 0) is 43.2 Å². The summed E-state index contributed by atoms with van der Waals surface area (Å²) in [6.45, 7) is 1.60. The molecule has 1 fully saturated rings. The molecule has 0 aliphatic heterocycles. The van der Waals surface area contributed by atoms with Gasteiger partial charge in [0, 0.05) is 25.0 Å². The second kappa shape index (κ2) is 5.74. The van der Waals surface area contributed by atoms with E-state index in [1.807, 2.05) is 0 Å². The molecule has 3 rings (SSSR count). The van der Waals surface area contributed by atoms with E-state index in [1.165, 1.54) is 30.4 Å². The molecule has 1 amide bonds. The molecule has 1 atom stereocenters. The maximum absolute atomic E-state index is 11.5. The van der Waals surface area contributed by atoms with Crippen LogP contribution in [0.15, 0.2) is 24.3 Å². The highest BCUT2D eigenvalue weighted by Gasteiger charge is 2.29. The topological polar surface area (TPSA) is 41.1 Å². The zero-order chi connectivity index (χ0) is 13.1. The fourth-order valence-electron chi connectivity index (χ4n) is 2.89. The van der Waals surface area contributed by atoms with Crippen molar-refractivity contribution in [3.8, 4) is 0 Å². The molecule has 0 bridgehead atoms. The van der Waals surface area contributed by atoms with Crippen LogP contribution in [0.1, 0.15) is 42.9 Å². The normalized spacial score (nSPS) is 21.8. The molecule has 0 radical (unpaired) electrons. The molecule has 1 aromatic rings. The molecule has 0 spiro atoms. The summed E-state index contributed by atoms with van der Waals surface area (Å²) >= 11 is 0. The van der Waals surface area contributed by atoms with Crippen LogP contribution in [-0.2, 0) is 11.2 Å². The Kier molecular flexibility index (Phi) is 3.83. The van der Waals surface area contributed by atoms with E-state index in [0.29, 0.717) is 12.0 Å². The average molecular weight is 258 g/mol. The minimum absolute atomic E-state index is 0.242. The molecule has 1 aromatic carbocycles. The van der Waals surface area contributed by atoms with Crippen LogP contribution in [0, 0.1) is 5.92 Å². The van der Waals surface area contributed by atoms with Crippen molar-refractivity contribution in [3.63, 3.8) is 0 Å². The van der Waals surface area contributed by atoms with Crippen LogP contribution in [0.3, 0.4) is 0 Å². The lowest BCUT2D eigenvalue weighted by atomic mass is 9.88. The van der Waals surface area contributed by atoms with Crippen LogP contribution < -0.4 is 10.6 Å². The van der Waals surface area contributed by atoms with Gasteiger partial charge in [-0.15, -0.1) is 0 Å². The van der Waals surface area contributed by atoms with Crippen molar-refractivity contribution >= 4 is 5.91 Å². The highest BCUT2D eigenvalue weighted by Crippen LogP contribution is 2.29. The molecule has 2 aliphatic carbocycles. The van der Waals surface area contributed by atoms with Gasteiger partial charge in [0.15, 0.2) is 0 Å². The Morgan fingerprint density at radius 2 is 2.00 bits per heavy atom. The fourth-order valence-corrected chi connectivity index (χ4v) is 2.89. The van der Waals surface area contributed by atoms with Crippen LogP contribution in [0.5, 0.6) is 0 Å². The first-order valence-electron chi connectivity index (χ1n) is 7.43. The van der Waals surface area contributed by atoms with Crippen LogP contribution in [-0.4, -0.2) is 19.0 Å². The highest BCUT2D eigenvalue weighted by molar-refractivity contribution is 5.80. The number of carbonyl (C=O) groups is 1. The Labute approximate surface area is 114 Å². The third kappa shape index (κ3) is 3.16. The lowest BCUT2D eigenvalue weighted by Crippen LogP contribution is -2.35. The van der Waals surface area contributed by atoms with Crippen molar-refractivity contribution in [1.82, 2.24) is 10.6 Å². The number of carbonyl (C=O) groups excluding carboxylic acids is 1. The molecular weight excluding hydrogens is 236 g/mol. The van der Waals surface area contributed by atoms with Gasteiger partial charge in [0.25, 0.3) is 0 Å². The van der Waals surface area contributed by atoms with E-state index in [4.69, 9.17) is 0 Å². The van der Waals surface area contributed by atoms with Crippen molar-refractivity contribution < 1.29 is 4.79 Å². The molecule has 19 heavy (non-hydrogen) atoms. The summed E-state index contributed by atoms with van der Waals surface area (Å²) in [6, 6.07) is 9.17. The van der Waals surface area contributed by atoms with Crippen molar-refractivity contribution in [2.45, 2.75) is 38.1 Å². The van der Waals surface area contributed by atoms with Gasteiger partial charge in [-0.25, -0.2) is 0 Å². The molecule has 0 heterocycles. The first-order chi connectivity index (χ1) is 9.34. The Bertz CT molecular complexity index is 454. The van der Waals surface area contributed by atoms with Gasteiger partial charge in [-0.1, -0.05) is 24.3 Å². The predicted molar refractivity (Wildman–Crippen MR) is 75.9 cm³/mol. The molecule has 3 heteroatoms. The van der Waals surface area contributed by atoms with Gasteiger partial charge in [0.2, 0.25) is 5.91 Å². The maximum atomic E-state index is 11.5. The zero-order valence-electron chi connectivity index (χ0n) is 11.3. The van der Waals surface area contributed by atoms with Crippen molar-refractivity contribution in [2.75, 3.05) is 13.1 Å². The quantitative estimate of drug-likeness (QED) is 0.795. The second-order valence-corrected chi connectivity index (χ2v) is 5.66. The van der Waals surface area contributed by atoms with Crippen molar-refractivity contribution in [2.24, 2.45) is 5.92 Å². The standard InChI is InChI=1S/C16H22N2O/c19-16(13-8-9-13)18-11-10-17-15-7-3-5-12-4-1-2-6-14(12)15/h1-2,4,6,13,15,17H,3,5,7-11H2,(H,18,19). The summed E-state index contributed by atoms with van der Waals surface area (Å²) in [5.74, 6) is 0.557. The van der Waals surface area contributed by atoms with E-state index in [0.717, 1.165) is 25.9 Å². The number of hydrogen-bond acceptors (Lipinski definition) is 2. The summed E-state index contributed by atoms with van der Waals surface area (Å²) in [4.78, 5) is 11.5. The van der Waals surface area contributed by atoms with E-state index in [2.05, 4.69) is 34.9 Å². The molecule has 0 aromatic heterocycles. The van der Waals surface area contributed by atoms with E-state index in [9.17, 15) is 4.79 Å². The molecular formula is C16H22N2O. The van der Waals surface area contributed by atoms with Gasteiger partial charge >= 0.3 is 0 Å². The van der Waals surface area contributed by atoms with Gasteiger partial charge in [0.1, 0.15) is 0 Å². The molecule has 0 saturated heterocycles. The summed E-state index contributed by atoms with van der Waals surface area (Å²) in [7, 11) is 0. The molecule has 2 aliphatic rings. The molecule has 1 saturated carbocycles. The van der Waals surface area contributed by atoms with Gasteiger partial charge in [-0.3, -0.25) is 4.79 Å². The lowest BCUT2D eigenvalue weighted by molar-refractivity contribution is -0.122. The van der Waals surface area contributed by atoms with Crippen LogP contribution in [0.2, 0.25) is 0 Å². The number of hydrogen-bond donors (Lipinski definition) is 2. The van der Waals surface area contributed by atoms with Crippen LogP contribution >= 0.6 is 0 Å². The van der Waals surface area contributed by atoms with Gasteiger partial charge in [0.05, 0.1) is 0 Å². The summed E-state index contributed by atoms with van der Waals surface area (Å²) < 4.78 is 0. The molecule has 3 nitrogen and oxygen atoms in total. The van der Waals surface area contributed by atoms with E-state index in [1.54, 1.807) is 0 Å². The predicted octanol–water partition coefficient (Wildman–Crippen LogP) is 2.18. The fraction of sp³-hybridized carbons (Fsp3) is 0.562. The first kappa shape index (κ1) is 12.7. The maximum Gasteiger partial charge on any atom is 0.223 e. The van der Waals surface area contributed by atoms with E-state index >= 15 is 0 Å². The summed E-state index contributed by atoms with van der Waals surface area (Å²) in [6.07, 6.45) is 5.81. The van der Waals surface area contributed by atoms with E-state index in [-0.39, 0.29) is 5.91 Å². The lowest BCUT2D eigenvalue weighted by Gasteiger charge is -2.26. The van der Waals surface area contributed by atoms with Crippen molar-refractivity contribution in [3.05, 3.63) is 35.4 Å². The summed E-state index contributed by atoms with van der Waals surface area (Å²) in [5, 5.41) is 6.58. The number of fused-ring (bicyclic) bond motifs is 1. The smallest absolute Gasteiger partial charge is 0.223 e. The number of benzene rings is 1. The first-order valence-corrected chi connectivity index (χ1v) is 7.43. The average Bonchev–Trinajstić information content (AvgIpc) is 3.28. The molecule has 2 N–H and O–H groups in total. The minimum atomic E-state index is 0.242. The van der Waals surface area contributed by atoms with Crippen LogP contribution in [0.25, 0.3) is 0 Å². The zero-order valence-corrected chi connectivity index (χ0v) is 11.3. The number of nitrogens with one attached hydrogen (secondary N) is 2. The van der Waals surface area contributed by atoms with Gasteiger partial charge < -0.3 is 10.6 Å². The highest BCUT2D eigenvalue weighted by atomic mass is 16.2. The third-order valence-electron chi connectivity index (χ3n) is 4.13. The Morgan fingerprint density at radius 3 is 2.84 bits per heavy atom. The van der Waals surface area contributed by atoms with Crippen molar-refractivity contribution in [1.29, 1.82) is 0 Å². The Morgan fingerprint density at radius 1 is 1.16 bits per heavy atom. The summed E-state index contributed by atoms with van der Waals surface area (Å²) in [5.41, 5.74) is 2.93. The number of amides is 1. The minimum Gasteiger partial charge on any atom is -0.355 e. The second-order valence-electron chi connectivity index (χ2n) is 5.66. The number of rotatable bonds is 5. The van der Waals surface area contributed by atoms with E-state index < -0.39 is 0 Å². The van der Waals surface area contributed by atoms with Gasteiger partial charge in [-0.2, -0.15) is 0 Å². The SMILES string of the molecule is O=C(NCCNC1CCCc2ccccc21)C1CC1. The third-order valence-corrected chi connectivity index (χ3v) is 4.13. The largest absolute Gasteiger partial charge is 0.355 e. The molecule has 1 unspecified atom stereocenters. The Balaban J connectivity index is 1.46. The monoisotopic (exact) mass is 258 g/mol. The number of aryl methyl sites for hydroxylation is 1. The van der Waals surface area contributed by atoms with Crippen LogP contribution in [0.4, 0.5) is 0 Å². The Hall–Kier alpha value is -1.35. The molecule has 102 valence electrons.